The van der Waals surface area contributed by atoms with Crippen LogP contribution in [-0.4, -0.2) is 47.0 Å². The summed E-state index contributed by atoms with van der Waals surface area (Å²) in [6.45, 7) is 6.79. The van der Waals surface area contributed by atoms with Crippen LogP contribution in [0.5, 0.6) is 0 Å². The summed E-state index contributed by atoms with van der Waals surface area (Å²) < 4.78 is 0. The lowest BCUT2D eigenvalue weighted by atomic mass is 9.33. The van der Waals surface area contributed by atoms with E-state index in [1.54, 1.807) is 4.90 Å². The zero-order valence-electron chi connectivity index (χ0n) is 47.6. The van der Waals surface area contributed by atoms with Crippen LogP contribution in [0.1, 0.15) is 43.0 Å². The highest BCUT2D eigenvalue weighted by Gasteiger charge is 2.45. The van der Waals surface area contributed by atoms with E-state index in [0.29, 0.717) is 35.4 Å². The lowest BCUT2D eigenvalue weighted by molar-refractivity contribution is 0.590. The Bertz CT molecular complexity index is 4650. The smallest absolute Gasteiger partial charge is 0.252 e. The molecule has 9 nitrogen and oxygen atoms in total. The highest BCUT2D eigenvalue weighted by atomic mass is 15.5. The highest BCUT2D eigenvalue weighted by molar-refractivity contribution is 7.00. The fourth-order valence-electron chi connectivity index (χ4n) is 12.6. The fraction of sp³-hybridized carbons (Fsp3) is 0.0526. The average Bonchev–Trinajstić information content (AvgIpc) is 0.919. The van der Waals surface area contributed by atoms with E-state index in [4.69, 9.17) is 30.0 Å². The van der Waals surface area contributed by atoms with Gasteiger partial charge in [0.1, 0.15) is 0 Å². The molecular formula is C76H54BN9. The highest BCUT2D eigenvalue weighted by Crippen LogP contribution is 2.48. The SMILES string of the molecule is CC(C)(C)c1cc2c3c(c1)N(c1ccc(-c4ccccc4)cc1)c1ccc(-c4ccccc4C4=NC5=NC(c6ccccc6)=NC6=NC(c7ccccc7)=NC(=N4)N65)cc1B3c1cc(-c3ccccc3)ccc1N2c1ccc(-c2ccccc2)cc1. The first-order valence-corrected chi connectivity index (χ1v) is 29.2. The van der Waals surface area contributed by atoms with E-state index >= 15 is 0 Å². The van der Waals surface area contributed by atoms with Gasteiger partial charge in [-0.1, -0.05) is 245 Å². The number of anilines is 6. The molecule has 0 N–H and O–H groups in total. The van der Waals surface area contributed by atoms with E-state index in [1.807, 2.05) is 60.7 Å². The van der Waals surface area contributed by atoms with E-state index in [0.717, 1.165) is 78.6 Å². The molecule has 0 bridgehead atoms. The molecule has 0 saturated heterocycles. The fourth-order valence-corrected chi connectivity index (χ4v) is 12.6. The molecule has 406 valence electrons. The van der Waals surface area contributed by atoms with E-state index in [9.17, 15) is 0 Å². The van der Waals surface area contributed by atoms with Crippen LogP contribution in [0.2, 0.25) is 0 Å². The van der Waals surface area contributed by atoms with Crippen LogP contribution in [0.4, 0.5) is 34.1 Å². The second kappa shape index (κ2) is 20.4. The third kappa shape index (κ3) is 8.72. The molecule has 16 rings (SSSR count). The molecule has 0 unspecified atom stereocenters. The first-order chi connectivity index (χ1) is 42.3. The topological polar surface area (TPSA) is 83.9 Å². The molecule has 0 aromatic heterocycles. The Balaban J connectivity index is 0.919. The number of hydrogen-bond acceptors (Lipinski definition) is 9. The maximum Gasteiger partial charge on any atom is 0.252 e. The average molecular weight is 1100 g/mol. The number of benzene rings is 11. The van der Waals surface area contributed by atoms with E-state index in [1.165, 1.54) is 38.6 Å². The zero-order chi connectivity index (χ0) is 57.5. The molecule has 0 aliphatic carbocycles. The molecule has 0 fully saturated rings. The minimum absolute atomic E-state index is 0.187. The summed E-state index contributed by atoms with van der Waals surface area (Å²) in [4.78, 5) is 37.5. The van der Waals surface area contributed by atoms with Crippen molar-refractivity contribution < 1.29 is 0 Å². The summed E-state index contributed by atoms with van der Waals surface area (Å²) >= 11 is 0. The first-order valence-electron chi connectivity index (χ1n) is 29.2. The summed E-state index contributed by atoms with van der Waals surface area (Å²) in [5.74, 6) is 2.71. The van der Waals surface area contributed by atoms with Crippen LogP contribution in [0.25, 0.3) is 44.5 Å². The van der Waals surface area contributed by atoms with Crippen LogP contribution in [0.3, 0.4) is 0 Å². The predicted molar refractivity (Wildman–Crippen MR) is 358 cm³/mol. The first kappa shape index (κ1) is 50.6. The number of rotatable bonds is 9. The van der Waals surface area contributed by atoms with Gasteiger partial charge in [0.15, 0.2) is 17.5 Å². The Hall–Kier alpha value is -11.1. The summed E-state index contributed by atoms with van der Waals surface area (Å²) in [5.41, 5.74) is 23.0. The molecule has 11 aromatic carbocycles. The molecule has 86 heavy (non-hydrogen) atoms. The van der Waals surface area contributed by atoms with Crippen molar-refractivity contribution in [3.05, 3.63) is 295 Å². The van der Waals surface area contributed by atoms with Crippen molar-refractivity contribution in [2.45, 2.75) is 26.2 Å². The molecule has 0 spiro atoms. The van der Waals surface area contributed by atoms with Gasteiger partial charge in [-0.25, -0.2) is 4.90 Å². The number of aliphatic imine (C=N–C) groups is 6. The van der Waals surface area contributed by atoms with E-state index in [-0.39, 0.29) is 12.1 Å². The minimum Gasteiger partial charge on any atom is -0.311 e. The Labute approximate surface area is 500 Å². The number of guanidine groups is 3. The van der Waals surface area contributed by atoms with Crippen LogP contribution in [0.15, 0.2) is 303 Å². The monoisotopic (exact) mass is 1100 g/mol. The maximum absolute atomic E-state index is 5.28. The van der Waals surface area contributed by atoms with Crippen molar-refractivity contribution in [2.75, 3.05) is 9.80 Å². The Kier molecular flexibility index (Phi) is 12.0. The molecular weight excluding hydrogens is 1050 g/mol. The molecule has 0 saturated carbocycles. The van der Waals surface area contributed by atoms with Gasteiger partial charge in [-0.3, -0.25) is 0 Å². The van der Waals surface area contributed by atoms with Gasteiger partial charge in [0.25, 0.3) is 6.71 Å². The number of hydrogen-bond donors (Lipinski definition) is 0. The lowest BCUT2D eigenvalue weighted by Gasteiger charge is -2.45. The maximum atomic E-state index is 5.28. The van der Waals surface area contributed by atoms with E-state index < -0.39 is 0 Å². The summed E-state index contributed by atoms with van der Waals surface area (Å²) in [7, 11) is 0. The van der Waals surface area contributed by atoms with Crippen molar-refractivity contribution in [3.8, 4) is 44.5 Å². The van der Waals surface area contributed by atoms with Gasteiger partial charge in [0.2, 0.25) is 17.9 Å². The molecule has 5 aliphatic rings. The van der Waals surface area contributed by atoms with Gasteiger partial charge in [-0.2, -0.15) is 30.0 Å². The quantitative estimate of drug-likeness (QED) is 0.135. The van der Waals surface area contributed by atoms with Crippen molar-refractivity contribution in [1.82, 2.24) is 4.90 Å². The van der Waals surface area contributed by atoms with Gasteiger partial charge >= 0.3 is 0 Å². The molecule has 10 heteroatoms. The summed E-state index contributed by atoms with van der Waals surface area (Å²) in [5, 5.41) is 0. The Morgan fingerprint density at radius 1 is 0.279 bits per heavy atom. The standard InChI is InChI=1S/C76H54BN9/c1-76(2,3)58-47-67-69-68(48-58)85(60-41-35-53(36-42-60)50-23-11-5-12-24-50)66-44-38-57(46-64(66)77(69)63-45-56(51-25-13-6-14-26-51)37-43-65(63)84(67)59-39-33-52(34-40-59)49-21-9-4-10-22-49)61-31-19-20-32-62(61)72-82-74-80-70(54-27-15-7-16-28-54)78-73-79-71(55-29-17-8-18-30-55)81-75(83-72)86(73)74/h4-48H,1-3H3. The lowest BCUT2D eigenvalue weighted by Crippen LogP contribution is -2.61. The number of nitrogens with zero attached hydrogens (tertiary/aromatic N) is 9. The summed E-state index contributed by atoms with van der Waals surface area (Å²) in [6.07, 6.45) is 0. The third-order valence-corrected chi connectivity index (χ3v) is 16.9. The van der Waals surface area contributed by atoms with Crippen molar-refractivity contribution in [1.29, 1.82) is 0 Å². The second-order valence-corrected chi connectivity index (χ2v) is 23.2. The molecule has 0 radical (unpaired) electrons. The van der Waals surface area contributed by atoms with Gasteiger partial charge in [0, 0.05) is 50.8 Å². The van der Waals surface area contributed by atoms with Gasteiger partial charge < -0.3 is 9.80 Å². The Morgan fingerprint density at radius 3 is 1.08 bits per heavy atom. The third-order valence-electron chi connectivity index (χ3n) is 16.9. The predicted octanol–water partition coefficient (Wildman–Crippen LogP) is 15.8. The Morgan fingerprint density at radius 2 is 0.628 bits per heavy atom. The molecule has 11 aromatic rings. The zero-order valence-corrected chi connectivity index (χ0v) is 47.6. The normalized spacial score (nSPS) is 14.5. The number of amidine groups is 3. The van der Waals surface area contributed by atoms with E-state index in [2.05, 4.69) is 243 Å². The van der Waals surface area contributed by atoms with Crippen LogP contribution in [0, 0.1) is 0 Å². The number of fused-ring (bicyclic) bond motifs is 4. The van der Waals surface area contributed by atoms with Crippen LogP contribution >= 0.6 is 0 Å². The molecule has 5 aliphatic heterocycles. The largest absolute Gasteiger partial charge is 0.311 e. The molecule has 0 amide bonds. The van der Waals surface area contributed by atoms with Gasteiger partial charge in [-0.15, -0.1) is 0 Å². The molecule has 5 heterocycles. The van der Waals surface area contributed by atoms with Crippen LogP contribution < -0.4 is 26.2 Å². The minimum atomic E-state index is -0.195. The van der Waals surface area contributed by atoms with Crippen molar-refractivity contribution >= 4 is 92.6 Å². The van der Waals surface area contributed by atoms with Crippen molar-refractivity contribution in [3.63, 3.8) is 0 Å². The van der Waals surface area contributed by atoms with Crippen LogP contribution in [-0.2, 0) is 5.41 Å². The second-order valence-electron chi connectivity index (χ2n) is 23.2. The van der Waals surface area contributed by atoms with Gasteiger partial charge in [-0.05, 0) is 120 Å². The summed E-state index contributed by atoms with van der Waals surface area (Å²) in [6, 6.07) is 97.6. The van der Waals surface area contributed by atoms with Crippen molar-refractivity contribution in [2.24, 2.45) is 30.0 Å². The molecule has 0 atom stereocenters. The van der Waals surface area contributed by atoms with Gasteiger partial charge in [0.05, 0.1) is 0 Å².